The molecule has 0 saturated heterocycles. The molecule has 21 nitrogen and oxygen atoms in total. The van der Waals surface area contributed by atoms with Crippen molar-refractivity contribution < 1.29 is 53.6 Å². The molecule has 0 saturated carbocycles. The number of carboxylic acid groups (broad SMARTS) is 1. The van der Waals surface area contributed by atoms with Gasteiger partial charge in [0.1, 0.15) is 17.0 Å². The Hall–Kier alpha value is -9.40. The molecule has 0 unspecified atom stereocenters. The topological polar surface area (TPSA) is 309 Å². The number of phenolic OH excluding ortho intramolecular Hbond substituents is 1. The second-order valence-electron chi connectivity index (χ2n) is 13.5. The maximum Gasteiger partial charge on any atom is 0.339 e. The van der Waals surface area contributed by atoms with Gasteiger partial charge in [0, 0.05) is 16.6 Å². The largest absolute Gasteiger partial charge is 0.504 e. The van der Waals surface area contributed by atoms with Crippen molar-refractivity contribution in [3.8, 4) is 23.0 Å². The molecule has 0 spiro atoms. The maximum atomic E-state index is 13.1. The van der Waals surface area contributed by atoms with Crippen LogP contribution in [0.5, 0.6) is 23.0 Å². The van der Waals surface area contributed by atoms with E-state index in [0.29, 0.717) is 11.2 Å². The highest BCUT2D eigenvalue weighted by molar-refractivity contribution is 6.10. The number of rotatable bonds is 13. The molecular weight excluding hydrogens is 845 g/mol. The van der Waals surface area contributed by atoms with Crippen LogP contribution in [0, 0.1) is 6.92 Å². The Morgan fingerprint density at radius 2 is 1.25 bits per heavy atom. The molecule has 5 amide bonds. The molecule has 3 heterocycles. The highest BCUT2D eigenvalue weighted by Crippen LogP contribution is 2.40. The number of carboxylic acids is 1. The number of ether oxygens (including phenoxy) is 2. The number of pyridine rings is 2. The van der Waals surface area contributed by atoms with E-state index in [1.807, 2.05) is 31.2 Å². The van der Waals surface area contributed by atoms with Gasteiger partial charge in [0.25, 0.3) is 23.6 Å². The predicted octanol–water partition coefficient (Wildman–Crippen LogP) is 4.99. The van der Waals surface area contributed by atoms with Crippen molar-refractivity contribution in [1.29, 1.82) is 0 Å². The van der Waals surface area contributed by atoms with E-state index in [0.717, 1.165) is 24.3 Å². The molecule has 65 heavy (non-hydrogen) atoms. The molecule has 7 aromatic rings. The molecule has 4 aromatic carbocycles. The number of H-pyrrole nitrogens is 1. The maximum absolute atomic E-state index is 13.1. The quantitative estimate of drug-likeness (QED) is 0.0736. The van der Waals surface area contributed by atoms with Crippen molar-refractivity contribution >= 4 is 69.2 Å². The second kappa shape index (κ2) is 20.4. The van der Waals surface area contributed by atoms with Crippen LogP contribution < -0.4 is 36.1 Å². The number of anilines is 4. The average molecular weight is 883 g/mol. The van der Waals surface area contributed by atoms with E-state index in [9.17, 15) is 44.1 Å². The number of methoxy groups -OCH3 is 2. The third kappa shape index (κ3) is 11.1. The molecule has 0 aliphatic rings. The molecule has 0 radical (unpaired) electrons. The molecule has 3 aromatic heterocycles. The molecule has 21 heteroatoms. The number of aromatic nitrogens is 5. The first kappa shape index (κ1) is 45.1. The number of nitrogens with zero attached hydrogens (tertiary/aromatic N) is 4. The van der Waals surface area contributed by atoms with E-state index in [4.69, 9.17) is 9.47 Å². The lowest BCUT2D eigenvalue weighted by molar-refractivity contribution is -0.115. The standard InChI is InChI=1S/C41H33N7O11.C3H5N3/c1-58-35-29(17-13-25(33(35)50)38(53)47-28-18-14-26(41(56)57)34(51)36(28)59-2)48-39(54)30-16-12-24(19-42-30)44-32(49)20-43-37(52)22-7-10-23(11-8-22)45-40(55)31-15-9-21-5-3-4-6-27(21)46-31;1-3-2-4-6-5-3/h3-19,50-51H,20H2,1-2H3,(H,43,52)(H,44,49)(H,45,55)(H,47,53)(H,48,54)(H,56,57);2H,1H3,(H,4,5,6). The Morgan fingerprint density at radius 1 is 0.631 bits per heavy atom. The monoisotopic (exact) mass is 882 g/mol. The van der Waals surface area contributed by atoms with Crippen LogP contribution in [0.4, 0.5) is 22.7 Å². The number of aromatic carboxylic acids is 1. The summed E-state index contributed by atoms with van der Waals surface area (Å²) in [6, 6.07) is 24.3. The lowest BCUT2D eigenvalue weighted by Gasteiger charge is -2.16. The molecule has 0 aliphatic carbocycles. The Balaban J connectivity index is 0.00000108. The zero-order chi connectivity index (χ0) is 46.6. The molecule has 330 valence electrons. The van der Waals surface area contributed by atoms with Crippen LogP contribution in [0.25, 0.3) is 10.9 Å². The number of carbonyl (C=O) groups is 6. The van der Waals surface area contributed by atoms with Gasteiger partial charge in [-0.15, -0.1) is 0 Å². The van der Waals surface area contributed by atoms with Gasteiger partial charge in [-0.2, -0.15) is 15.4 Å². The lowest BCUT2D eigenvalue weighted by Crippen LogP contribution is -2.32. The second-order valence-corrected chi connectivity index (χ2v) is 13.5. The normalized spacial score (nSPS) is 10.4. The van der Waals surface area contributed by atoms with Crippen LogP contribution >= 0.6 is 0 Å². The molecule has 0 atom stereocenters. The highest BCUT2D eigenvalue weighted by atomic mass is 16.5. The number of nitrogens with one attached hydrogen (secondary N) is 6. The first-order valence-corrected chi connectivity index (χ1v) is 19.1. The van der Waals surface area contributed by atoms with Crippen LogP contribution in [-0.2, 0) is 4.79 Å². The predicted molar refractivity (Wildman–Crippen MR) is 235 cm³/mol. The van der Waals surface area contributed by atoms with Gasteiger partial charge < -0.3 is 51.4 Å². The summed E-state index contributed by atoms with van der Waals surface area (Å²) in [6.07, 6.45) is 2.88. The number of hydrogen-bond acceptors (Lipinski definition) is 14. The van der Waals surface area contributed by atoms with Gasteiger partial charge in [0.05, 0.1) is 67.0 Å². The number of amides is 5. The van der Waals surface area contributed by atoms with Gasteiger partial charge in [-0.1, -0.05) is 24.3 Å². The Labute approximate surface area is 367 Å². The van der Waals surface area contributed by atoms with Gasteiger partial charge in [0.15, 0.2) is 23.0 Å². The van der Waals surface area contributed by atoms with Crippen molar-refractivity contribution in [2.45, 2.75) is 6.92 Å². The van der Waals surface area contributed by atoms with E-state index in [1.54, 1.807) is 30.5 Å². The number of aromatic hydroxyl groups is 2. The number of aromatic amines is 1. The molecule has 7 rings (SSSR count). The van der Waals surface area contributed by atoms with Crippen LogP contribution in [-0.4, -0.2) is 97.0 Å². The van der Waals surface area contributed by atoms with E-state index < -0.39 is 59.1 Å². The summed E-state index contributed by atoms with van der Waals surface area (Å²) < 4.78 is 10.3. The third-order valence-electron chi connectivity index (χ3n) is 9.10. The van der Waals surface area contributed by atoms with E-state index >= 15 is 0 Å². The fourth-order valence-corrected chi connectivity index (χ4v) is 5.91. The summed E-state index contributed by atoms with van der Waals surface area (Å²) in [7, 11) is 2.36. The number of carbonyl (C=O) groups excluding carboxylic acids is 5. The zero-order valence-electron chi connectivity index (χ0n) is 34.5. The third-order valence-corrected chi connectivity index (χ3v) is 9.10. The minimum Gasteiger partial charge on any atom is -0.504 e. The first-order chi connectivity index (χ1) is 31.3. The summed E-state index contributed by atoms with van der Waals surface area (Å²) >= 11 is 0. The van der Waals surface area contributed by atoms with Crippen LogP contribution in [0.2, 0.25) is 0 Å². The highest BCUT2D eigenvalue weighted by Gasteiger charge is 2.24. The van der Waals surface area contributed by atoms with E-state index in [1.165, 1.54) is 55.8 Å². The van der Waals surface area contributed by atoms with Crippen LogP contribution in [0.1, 0.15) is 57.7 Å². The van der Waals surface area contributed by atoms with Crippen molar-refractivity contribution in [2.24, 2.45) is 0 Å². The smallest absolute Gasteiger partial charge is 0.339 e. The number of benzene rings is 4. The fraction of sp³-hybridized carbons (Fsp3) is 0.0909. The number of para-hydroxylation sites is 1. The Kier molecular flexibility index (Phi) is 14.2. The van der Waals surface area contributed by atoms with Crippen LogP contribution in [0.15, 0.2) is 109 Å². The number of aryl methyl sites for hydroxylation is 1. The van der Waals surface area contributed by atoms with Crippen molar-refractivity contribution in [3.63, 3.8) is 0 Å². The molecule has 0 bridgehead atoms. The summed E-state index contributed by atoms with van der Waals surface area (Å²) in [5.41, 5.74) is 1.77. The van der Waals surface area contributed by atoms with E-state index in [2.05, 4.69) is 52.0 Å². The summed E-state index contributed by atoms with van der Waals surface area (Å²) in [5.74, 6) is -6.54. The Morgan fingerprint density at radius 3 is 1.85 bits per heavy atom. The van der Waals surface area contributed by atoms with Crippen molar-refractivity contribution in [3.05, 3.63) is 143 Å². The molecular formula is C44H38N10O11. The average Bonchev–Trinajstić information content (AvgIpc) is 3.79. The summed E-state index contributed by atoms with van der Waals surface area (Å²) in [4.78, 5) is 83.8. The van der Waals surface area contributed by atoms with Crippen molar-refractivity contribution in [1.82, 2.24) is 30.7 Å². The number of fused-ring (bicyclic) bond motifs is 1. The van der Waals surface area contributed by atoms with E-state index in [-0.39, 0.29) is 51.1 Å². The molecule has 0 fully saturated rings. The zero-order valence-corrected chi connectivity index (χ0v) is 34.5. The SMILES string of the molecule is COc1c(NC(=O)c2ccc(NC(=O)c3ccc(NC(=O)CNC(=O)c4ccc(NC(=O)c5ccc6ccccc6n5)cc4)cn3)c(OC)c2O)ccc(C(=O)O)c1O.Cc1cn[nH]n1. The lowest BCUT2D eigenvalue weighted by atomic mass is 10.1. The number of hydrogen-bond donors (Lipinski definition) is 9. The van der Waals surface area contributed by atoms with Crippen LogP contribution in [0.3, 0.4) is 0 Å². The molecule has 9 N–H and O–H groups in total. The first-order valence-electron chi connectivity index (χ1n) is 19.1. The molecule has 0 aliphatic heterocycles. The Bertz CT molecular complexity index is 2910. The van der Waals surface area contributed by atoms with Gasteiger partial charge in [0.2, 0.25) is 5.91 Å². The minimum atomic E-state index is -1.42. The van der Waals surface area contributed by atoms with Gasteiger partial charge in [-0.3, -0.25) is 24.0 Å². The fourth-order valence-electron chi connectivity index (χ4n) is 5.91. The van der Waals surface area contributed by atoms with Gasteiger partial charge in [-0.05, 0) is 79.7 Å². The van der Waals surface area contributed by atoms with Crippen molar-refractivity contribution in [2.75, 3.05) is 42.0 Å². The number of phenols is 2. The van der Waals surface area contributed by atoms with Gasteiger partial charge in [-0.25, -0.2) is 14.8 Å². The minimum absolute atomic E-state index is 0.0276. The van der Waals surface area contributed by atoms with Gasteiger partial charge >= 0.3 is 5.97 Å². The summed E-state index contributed by atoms with van der Waals surface area (Å²) in [5, 5.41) is 53.7. The summed E-state index contributed by atoms with van der Waals surface area (Å²) in [6.45, 7) is 1.49.